The molecule has 0 fully saturated rings. The highest BCUT2D eigenvalue weighted by molar-refractivity contribution is 6.36. The average Bonchev–Trinajstić information content (AvgIpc) is 2.61. The Hall–Kier alpha value is -1.78. The van der Waals surface area contributed by atoms with Crippen molar-refractivity contribution in [3.05, 3.63) is 69.2 Å². The summed E-state index contributed by atoms with van der Waals surface area (Å²) < 4.78 is 6.06. The Kier molecular flexibility index (Phi) is 5.05. The van der Waals surface area contributed by atoms with E-state index in [1.165, 1.54) is 0 Å². The number of hydrogen-bond acceptors (Lipinski definition) is 3. The van der Waals surface area contributed by atoms with Crippen molar-refractivity contribution in [3.8, 4) is 28.3 Å². The van der Waals surface area contributed by atoms with Gasteiger partial charge < -0.3 is 9.84 Å². The summed E-state index contributed by atoms with van der Waals surface area (Å²) in [7, 11) is 0. The molecule has 4 rings (SSSR count). The van der Waals surface area contributed by atoms with Crippen LogP contribution in [0, 0.1) is 0 Å². The Morgan fingerprint density at radius 1 is 0.964 bits per heavy atom. The molecule has 0 bridgehead atoms. The number of rotatable bonds is 2. The normalized spacial score (nSPS) is 17.7. The number of halogens is 3. The minimum atomic E-state index is -0.660. The van der Waals surface area contributed by atoms with Crippen LogP contribution < -0.4 is 4.74 Å². The maximum absolute atomic E-state index is 10.7. The minimum absolute atomic E-state index is 0.419. The van der Waals surface area contributed by atoms with Gasteiger partial charge in [0.05, 0.1) is 16.8 Å². The second kappa shape index (κ2) is 7.23. The summed E-state index contributed by atoms with van der Waals surface area (Å²) in [5, 5.41) is 12.4. The van der Waals surface area contributed by atoms with Crippen LogP contribution in [0.3, 0.4) is 0 Å². The fraction of sp³-hybridized carbons (Fsp3) is 0.227. The van der Waals surface area contributed by atoms with Crippen LogP contribution in [-0.4, -0.2) is 15.7 Å². The van der Waals surface area contributed by atoms with E-state index < -0.39 is 11.7 Å². The number of ether oxygens (including phenoxy) is 1. The molecule has 0 unspecified atom stereocenters. The van der Waals surface area contributed by atoms with Crippen LogP contribution in [0.25, 0.3) is 22.4 Å². The van der Waals surface area contributed by atoms with Gasteiger partial charge in [0.15, 0.2) is 0 Å². The zero-order chi connectivity index (χ0) is 20.1. The number of aliphatic hydroxyl groups excluding tert-OH is 1. The quantitative estimate of drug-likeness (QED) is 0.473. The maximum Gasteiger partial charge on any atom is 0.220 e. The molecule has 1 aromatic heterocycles. The summed E-state index contributed by atoms with van der Waals surface area (Å²) in [5.41, 5.74) is 3.30. The second-order valence-corrected chi connectivity index (χ2v) is 8.77. The number of fused-ring (bicyclic) bond motifs is 1. The van der Waals surface area contributed by atoms with Crippen molar-refractivity contribution in [3.63, 3.8) is 0 Å². The number of pyridine rings is 1. The Morgan fingerprint density at radius 2 is 1.64 bits per heavy atom. The van der Waals surface area contributed by atoms with E-state index in [1.807, 2.05) is 50.2 Å². The highest BCUT2D eigenvalue weighted by atomic mass is 35.5. The first-order valence-corrected chi connectivity index (χ1v) is 10.0. The molecule has 2 heterocycles. The van der Waals surface area contributed by atoms with Crippen LogP contribution >= 0.6 is 34.8 Å². The van der Waals surface area contributed by atoms with Gasteiger partial charge in [-0.25, -0.2) is 4.98 Å². The lowest BCUT2D eigenvalue weighted by molar-refractivity contribution is 0.00749. The first-order chi connectivity index (χ1) is 13.2. The largest absolute Gasteiger partial charge is 0.471 e. The van der Waals surface area contributed by atoms with Gasteiger partial charge in [-0.05, 0) is 55.8 Å². The number of aliphatic hydroxyl groups is 1. The zero-order valence-corrected chi connectivity index (χ0v) is 17.6. The molecule has 0 saturated heterocycles. The SMILES string of the molecule is CC1(C)C[C@H](O)c2cc(-c3ccc(Cl)cc3)c(-c3ccc(Cl)cc3Cl)nc2O1. The van der Waals surface area contributed by atoms with Crippen molar-refractivity contribution < 1.29 is 9.84 Å². The van der Waals surface area contributed by atoms with Gasteiger partial charge in [0, 0.05) is 33.2 Å². The lowest BCUT2D eigenvalue weighted by Gasteiger charge is -2.35. The van der Waals surface area contributed by atoms with Gasteiger partial charge in [-0.1, -0.05) is 46.9 Å². The van der Waals surface area contributed by atoms with Gasteiger partial charge in [0.1, 0.15) is 5.60 Å². The van der Waals surface area contributed by atoms with Crippen LogP contribution in [0.2, 0.25) is 15.1 Å². The third kappa shape index (κ3) is 3.72. The molecule has 0 spiro atoms. The first kappa shape index (κ1) is 19.5. The maximum atomic E-state index is 10.7. The summed E-state index contributed by atoms with van der Waals surface area (Å²) in [6.45, 7) is 3.87. The van der Waals surface area contributed by atoms with E-state index in [0.717, 1.165) is 16.7 Å². The number of aromatic nitrogens is 1. The molecule has 0 saturated carbocycles. The second-order valence-electron chi connectivity index (χ2n) is 7.49. The molecule has 0 radical (unpaired) electrons. The summed E-state index contributed by atoms with van der Waals surface area (Å²) in [4.78, 5) is 4.78. The van der Waals surface area contributed by atoms with Crippen LogP contribution in [-0.2, 0) is 0 Å². The smallest absolute Gasteiger partial charge is 0.220 e. The lowest BCUT2D eigenvalue weighted by Crippen LogP contribution is -2.35. The van der Waals surface area contributed by atoms with E-state index in [2.05, 4.69) is 0 Å². The van der Waals surface area contributed by atoms with Crippen LogP contribution in [0.5, 0.6) is 5.88 Å². The monoisotopic (exact) mass is 433 g/mol. The van der Waals surface area contributed by atoms with E-state index in [0.29, 0.717) is 38.6 Å². The molecule has 28 heavy (non-hydrogen) atoms. The number of benzene rings is 2. The molecule has 1 atom stereocenters. The summed E-state index contributed by atoms with van der Waals surface area (Å²) in [5.74, 6) is 0.419. The highest BCUT2D eigenvalue weighted by Crippen LogP contribution is 2.44. The molecule has 0 amide bonds. The van der Waals surface area contributed by atoms with Crippen LogP contribution in [0.4, 0.5) is 0 Å². The van der Waals surface area contributed by atoms with Crippen LogP contribution in [0.1, 0.15) is 31.9 Å². The fourth-order valence-electron chi connectivity index (χ4n) is 3.45. The molecule has 2 aromatic carbocycles. The molecule has 144 valence electrons. The molecule has 1 aliphatic rings. The summed E-state index contributed by atoms with van der Waals surface area (Å²) in [6, 6.07) is 14.7. The van der Waals surface area contributed by atoms with E-state index in [1.54, 1.807) is 12.1 Å². The molecule has 3 aromatic rings. The lowest BCUT2D eigenvalue weighted by atomic mass is 9.90. The van der Waals surface area contributed by atoms with E-state index in [9.17, 15) is 5.11 Å². The van der Waals surface area contributed by atoms with Gasteiger partial charge >= 0.3 is 0 Å². The molecule has 1 N–H and O–H groups in total. The van der Waals surface area contributed by atoms with E-state index >= 15 is 0 Å². The van der Waals surface area contributed by atoms with E-state index in [-0.39, 0.29) is 0 Å². The van der Waals surface area contributed by atoms with Gasteiger partial charge in [-0.2, -0.15) is 0 Å². The Morgan fingerprint density at radius 3 is 2.32 bits per heavy atom. The third-order valence-corrected chi connectivity index (χ3v) is 5.57. The predicted octanol–water partition coefficient (Wildman–Crippen LogP) is 6.97. The molecule has 0 aliphatic carbocycles. The summed E-state index contributed by atoms with van der Waals surface area (Å²) >= 11 is 18.6. The standard InChI is InChI=1S/C22H18Cl3NO2/c1-22(2)11-19(27)17-10-16(12-3-5-13(23)6-4-12)20(26-21(17)28-22)15-8-7-14(24)9-18(15)25/h3-10,19,27H,11H2,1-2H3/t19-/m0/s1. The third-order valence-electron chi connectivity index (χ3n) is 4.77. The van der Waals surface area contributed by atoms with Gasteiger partial charge in [0.25, 0.3) is 0 Å². The number of hydrogen-bond donors (Lipinski definition) is 1. The molecular weight excluding hydrogens is 417 g/mol. The topological polar surface area (TPSA) is 42.4 Å². The fourth-order valence-corrected chi connectivity index (χ4v) is 4.07. The van der Waals surface area contributed by atoms with Crippen molar-refractivity contribution in [2.45, 2.75) is 32.0 Å². The molecule has 6 heteroatoms. The molecule has 1 aliphatic heterocycles. The minimum Gasteiger partial charge on any atom is -0.471 e. The van der Waals surface area contributed by atoms with E-state index in [4.69, 9.17) is 44.5 Å². The van der Waals surface area contributed by atoms with Gasteiger partial charge in [0.2, 0.25) is 5.88 Å². The van der Waals surface area contributed by atoms with Crippen LogP contribution in [0.15, 0.2) is 48.5 Å². The molecular formula is C22H18Cl3NO2. The average molecular weight is 435 g/mol. The number of nitrogens with zero attached hydrogens (tertiary/aromatic N) is 1. The van der Waals surface area contributed by atoms with Crippen molar-refractivity contribution >= 4 is 34.8 Å². The summed E-state index contributed by atoms with van der Waals surface area (Å²) in [6.07, 6.45) is -0.171. The first-order valence-electron chi connectivity index (χ1n) is 8.87. The van der Waals surface area contributed by atoms with Crippen molar-refractivity contribution in [2.75, 3.05) is 0 Å². The Labute approximate surface area is 178 Å². The van der Waals surface area contributed by atoms with Crippen molar-refractivity contribution in [1.82, 2.24) is 4.98 Å². The van der Waals surface area contributed by atoms with Crippen molar-refractivity contribution in [1.29, 1.82) is 0 Å². The molecule has 3 nitrogen and oxygen atoms in total. The zero-order valence-electron chi connectivity index (χ0n) is 15.3. The van der Waals surface area contributed by atoms with Crippen molar-refractivity contribution in [2.24, 2.45) is 0 Å². The van der Waals surface area contributed by atoms with Gasteiger partial charge in [-0.3, -0.25) is 0 Å². The Balaban J connectivity index is 1.98. The Bertz CT molecular complexity index is 1050. The van der Waals surface area contributed by atoms with Gasteiger partial charge in [-0.15, -0.1) is 0 Å². The predicted molar refractivity (Wildman–Crippen MR) is 114 cm³/mol. The highest BCUT2D eigenvalue weighted by Gasteiger charge is 2.35.